The number of carbonyl (C=O) groups is 1. The highest BCUT2D eigenvalue weighted by Crippen LogP contribution is 2.18. The Morgan fingerprint density at radius 1 is 1.31 bits per heavy atom. The Balaban J connectivity index is 0.000000612. The molecule has 1 heterocycles. The van der Waals surface area contributed by atoms with Crippen LogP contribution in [-0.2, 0) is 6.54 Å². The standard InChI is InChI=1S/C15H16FN5O2.C3H10N2O/c1-8-20-11(14(17)18)6-12(21-8)15(22)19-7-9-3-4-10(16)13(5-9)23-2;4-5-2-1-3-6/h3-6H,7H2,1-2H3,(H3,17,18)(H,19,22);5-6H,1-4H2. The van der Waals surface area contributed by atoms with Crippen LogP contribution in [0.15, 0.2) is 24.3 Å². The minimum atomic E-state index is -0.472. The van der Waals surface area contributed by atoms with Crippen LogP contribution >= 0.6 is 0 Å². The number of benzene rings is 1. The van der Waals surface area contributed by atoms with E-state index in [1.165, 1.54) is 25.3 Å². The lowest BCUT2D eigenvalue weighted by Crippen LogP contribution is -2.25. The van der Waals surface area contributed by atoms with Crippen LogP contribution in [0.25, 0.3) is 0 Å². The van der Waals surface area contributed by atoms with Gasteiger partial charge in [0.2, 0.25) is 0 Å². The van der Waals surface area contributed by atoms with Gasteiger partial charge in [0.15, 0.2) is 11.6 Å². The quantitative estimate of drug-likeness (QED) is 0.116. The first-order valence-electron chi connectivity index (χ1n) is 8.67. The molecule has 11 heteroatoms. The summed E-state index contributed by atoms with van der Waals surface area (Å²) in [6, 6.07) is 5.66. The van der Waals surface area contributed by atoms with Crippen LogP contribution in [0.2, 0.25) is 0 Å². The summed E-state index contributed by atoms with van der Waals surface area (Å²) in [5, 5.41) is 18.1. The number of hydrogen-bond donors (Lipinski definition) is 6. The van der Waals surface area contributed by atoms with E-state index >= 15 is 0 Å². The number of carbonyl (C=O) groups excluding carboxylic acids is 1. The third kappa shape index (κ3) is 8.17. The van der Waals surface area contributed by atoms with Crippen molar-refractivity contribution >= 4 is 11.7 Å². The smallest absolute Gasteiger partial charge is 0.270 e. The van der Waals surface area contributed by atoms with Crippen molar-refractivity contribution in [1.29, 1.82) is 5.41 Å². The Kier molecular flexibility index (Phi) is 10.2. The van der Waals surface area contributed by atoms with E-state index in [1.807, 2.05) is 0 Å². The van der Waals surface area contributed by atoms with Gasteiger partial charge in [0.25, 0.3) is 5.91 Å². The maximum absolute atomic E-state index is 13.3. The van der Waals surface area contributed by atoms with Gasteiger partial charge in [0.1, 0.15) is 23.0 Å². The van der Waals surface area contributed by atoms with Crippen molar-refractivity contribution in [1.82, 2.24) is 20.7 Å². The number of nitrogens with zero attached hydrogens (tertiary/aromatic N) is 2. The monoisotopic (exact) mass is 407 g/mol. The third-order valence-electron chi connectivity index (χ3n) is 3.49. The molecule has 0 unspecified atom stereocenters. The predicted octanol–water partition coefficient (Wildman–Crippen LogP) is -0.0211. The summed E-state index contributed by atoms with van der Waals surface area (Å²) < 4.78 is 18.2. The van der Waals surface area contributed by atoms with Crippen LogP contribution in [0.5, 0.6) is 5.75 Å². The molecule has 0 saturated carbocycles. The maximum atomic E-state index is 13.3. The van der Waals surface area contributed by atoms with Crippen molar-refractivity contribution in [3.63, 3.8) is 0 Å². The van der Waals surface area contributed by atoms with Crippen molar-refractivity contribution in [2.24, 2.45) is 11.6 Å². The lowest BCUT2D eigenvalue weighted by molar-refractivity contribution is 0.0945. The van der Waals surface area contributed by atoms with Gasteiger partial charge >= 0.3 is 0 Å². The van der Waals surface area contributed by atoms with E-state index in [9.17, 15) is 9.18 Å². The molecule has 0 radical (unpaired) electrons. The van der Waals surface area contributed by atoms with E-state index in [-0.39, 0.29) is 36.1 Å². The zero-order valence-corrected chi connectivity index (χ0v) is 16.3. The number of aliphatic hydroxyl groups is 1. The van der Waals surface area contributed by atoms with E-state index in [1.54, 1.807) is 13.0 Å². The van der Waals surface area contributed by atoms with Crippen molar-refractivity contribution in [3.8, 4) is 5.75 Å². The molecule has 1 aromatic heterocycles. The molecular weight excluding hydrogens is 381 g/mol. The first kappa shape index (κ1) is 23.9. The highest BCUT2D eigenvalue weighted by molar-refractivity contribution is 5.97. The van der Waals surface area contributed by atoms with Gasteiger partial charge in [-0.1, -0.05) is 6.07 Å². The van der Waals surface area contributed by atoms with Gasteiger partial charge < -0.3 is 20.9 Å². The zero-order chi connectivity index (χ0) is 21.8. The molecule has 0 bridgehead atoms. The fraction of sp³-hybridized carbons (Fsp3) is 0.333. The topological polar surface area (TPSA) is 172 Å². The number of hydrazine groups is 1. The second kappa shape index (κ2) is 12.3. The Bertz CT molecular complexity index is 829. The number of hydrogen-bond acceptors (Lipinski definition) is 8. The predicted molar refractivity (Wildman–Crippen MR) is 106 cm³/mol. The number of nitrogen functional groups attached to an aromatic ring is 1. The maximum Gasteiger partial charge on any atom is 0.270 e. The largest absolute Gasteiger partial charge is 0.494 e. The van der Waals surface area contributed by atoms with Crippen LogP contribution in [0, 0.1) is 18.2 Å². The number of amidine groups is 1. The summed E-state index contributed by atoms with van der Waals surface area (Å²) in [5.41, 5.74) is 8.75. The number of methoxy groups -OCH3 is 1. The van der Waals surface area contributed by atoms with E-state index < -0.39 is 11.7 Å². The first-order valence-corrected chi connectivity index (χ1v) is 8.67. The van der Waals surface area contributed by atoms with E-state index in [4.69, 9.17) is 26.8 Å². The first-order chi connectivity index (χ1) is 13.8. The van der Waals surface area contributed by atoms with Crippen molar-refractivity contribution < 1.29 is 19.0 Å². The molecule has 0 aliphatic rings. The molecule has 0 aliphatic heterocycles. The second-order valence-corrected chi connectivity index (χ2v) is 5.78. The Morgan fingerprint density at radius 3 is 2.55 bits per heavy atom. The summed E-state index contributed by atoms with van der Waals surface area (Å²) in [4.78, 5) is 20.1. The van der Waals surface area contributed by atoms with Crippen LogP contribution in [0.4, 0.5) is 4.39 Å². The summed E-state index contributed by atoms with van der Waals surface area (Å²) in [6.07, 6.45) is 0.733. The van der Waals surface area contributed by atoms with Gasteiger partial charge in [-0.3, -0.25) is 21.5 Å². The number of amides is 1. The SMILES string of the molecule is COc1cc(CNC(=O)c2cc(C(=N)N)nc(C)n2)ccc1F.NNCCCO. The van der Waals surface area contributed by atoms with Crippen LogP contribution < -0.4 is 27.1 Å². The number of halogens is 1. The van der Waals surface area contributed by atoms with Crippen molar-refractivity contribution in [2.45, 2.75) is 19.9 Å². The number of aliphatic hydroxyl groups excluding tert-OH is 1. The van der Waals surface area contributed by atoms with E-state index in [0.29, 0.717) is 17.9 Å². The molecule has 0 saturated heterocycles. The number of aromatic nitrogens is 2. The molecule has 10 nitrogen and oxygen atoms in total. The molecule has 0 fully saturated rings. The van der Waals surface area contributed by atoms with Gasteiger partial charge in [-0.05, 0) is 37.1 Å². The minimum Gasteiger partial charge on any atom is -0.494 e. The highest BCUT2D eigenvalue weighted by Gasteiger charge is 2.12. The molecule has 8 N–H and O–H groups in total. The number of rotatable bonds is 8. The number of aryl methyl sites for hydroxylation is 1. The molecule has 1 amide bonds. The lowest BCUT2D eigenvalue weighted by Gasteiger charge is -2.08. The molecule has 2 rings (SSSR count). The Morgan fingerprint density at radius 2 is 2.00 bits per heavy atom. The molecule has 2 aromatic rings. The van der Waals surface area contributed by atoms with Gasteiger partial charge in [-0.2, -0.15) is 0 Å². The summed E-state index contributed by atoms with van der Waals surface area (Å²) in [6.45, 7) is 2.68. The molecule has 0 aliphatic carbocycles. The van der Waals surface area contributed by atoms with Crippen molar-refractivity contribution in [3.05, 3.63) is 52.9 Å². The number of nitrogens with two attached hydrogens (primary N) is 2. The summed E-state index contributed by atoms with van der Waals surface area (Å²) in [7, 11) is 1.37. The normalized spacial score (nSPS) is 9.97. The Labute approximate surface area is 168 Å². The van der Waals surface area contributed by atoms with E-state index in [0.717, 1.165) is 6.42 Å². The lowest BCUT2D eigenvalue weighted by atomic mass is 10.2. The van der Waals surface area contributed by atoms with Gasteiger partial charge in [-0.15, -0.1) is 0 Å². The Hall–Kier alpha value is -3.15. The fourth-order valence-corrected chi connectivity index (χ4v) is 2.09. The molecule has 0 atom stereocenters. The van der Waals surface area contributed by atoms with Gasteiger partial charge in [-0.25, -0.2) is 14.4 Å². The number of ether oxygens (including phenoxy) is 1. The zero-order valence-electron chi connectivity index (χ0n) is 16.3. The van der Waals surface area contributed by atoms with Gasteiger partial charge in [0.05, 0.1) is 7.11 Å². The molecule has 1 aromatic carbocycles. The van der Waals surface area contributed by atoms with Crippen LogP contribution in [-0.4, -0.2) is 47.1 Å². The van der Waals surface area contributed by atoms with E-state index in [2.05, 4.69) is 20.7 Å². The average molecular weight is 407 g/mol. The third-order valence-corrected chi connectivity index (χ3v) is 3.49. The number of nitrogens with one attached hydrogen (secondary N) is 3. The molecular formula is C18H26FN7O3. The van der Waals surface area contributed by atoms with Crippen molar-refractivity contribution in [2.75, 3.05) is 20.3 Å². The highest BCUT2D eigenvalue weighted by atomic mass is 19.1. The average Bonchev–Trinajstić information content (AvgIpc) is 2.71. The van der Waals surface area contributed by atoms with Gasteiger partial charge in [0, 0.05) is 19.7 Å². The summed E-state index contributed by atoms with van der Waals surface area (Å²) >= 11 is 0. The molecule has 0 spiro atoms. The molecule has 158 valence electrons. The minimum absolute atomic E-state index is 0.105. The second-order valence-electron chi connectivity index (χ2n) is 5.78. The van der Waals surface area contributed by atoms with Crippen LogP contribution in [0.3, 0.4) is 0 Å². The fourth-order valence-electron chi connectivity index (χ4n) is 2.09. The van der Waals surface area contributed by atoms with Crippen LogP contribution in [0.1, 0.15) is 34.0 Å². The summed E-state index contributed by atoms with van der Waals surface area (Å²) in [5.74, 6) is 4.14. The molecule has 29 heavy (non-hydrogen) atoms.